The maximum atomic E-state index is 12.5. The molecule has 0 fully saturated rings. The van der Waals surface area contributed by atoms with Gasteiger partial charge >= 0.3 is 0 Å². The first-order chi connectivity index (χ1) is 10.8. The average Bonchev–Trinajstić information content (AvgIpc) is 2.88. The predicted molar refractivity (Wildman–Crippen MR) is 89.4 cm³/mol. The molecule has 0 saturated heterocycles. The molecule has 1 aromatic carbocycles. The molecule has 1 amide bonds. The number of hydrogen-bond acceptors (Lipinski definition) is 3. The van der Waals surface area contributed by atoms with Crippen molar-refractivity contribution in [3.8, 4) is 0 Å². The molecule has 1 aromatic heterocycles. The summed E-state index contributed by atoms with van der Waals surface area (Å²) in [5.41, 5.74) is 3.55. The fourth-order valence-corrected chi connectivity index (χ4v) is 3.92. The fraction of sp³-hybridized carbons (Fsp3) is 0.389. The highest BCUT2D eigenvalue weighted by Crippen LogP contribution is 2.22. The van der Waals surface area contributed by atoms with Gasteiger partial charge in [0.15, 0.2) is 0 Å². The number of aryl methyl sites for hydroxylation is 1. The van der Waals surface area contributed by atoms with Crippen molar-refractivity contribution in [3.63, 3.8) is 0 Å². The normalized spacial score (nSPS) is 17.6. The number of rotatable bonds is 4. The van der Waals surface area contributed by atoms with Gasteiger partial charge in [-0.15, -0.1) is 11.3 Å². The molecule has 1 unspecified atom stereocenters. The van der Waals surface area contributed by atoms with Crippen LogP contribution in [0.25, 0.3) is 0 Å². The molecule has 0 saturated carbocycles. The summed E-state index contributed by atoms with van der Waals surface area (Å²) in [4.78, 5) is 13.5. The van der Waals surface area contributed by atoms with E-state index in [1.54, 1.807) is 18.4 Å². The number of benzene rings is 1. The van der Waals surface area contributed by atoms with Gasteiger partial charge < -0.3 is 10.1 Å². The summed E-state index contributed by atoms with van der Waals surface area (Å²) in [6.45, 7) is 0.494. The second kappa shape index (κ2) is 7.07. The van der Waals surface area contributed by atoms with Gasteiger partial charge in [0, 0.05) is 18.0 Å². The Bertz CT molecular complexity index is 650. The van der Waals surface area contributed by atoms with E-state index in [2.05, 4.69) is 29.6 Å². The molecule has 0 radical (unpaired) electrons. The zero-order valence-corrected chi connectivity index (χ0v) is 13.6. The van der Waals surface area contributed by atoms with Crippen LogP contribution < -0.4 is 5.32 Å². The standard InChI is InChI=1S/C18H21NO2S/c1-21-12-17-16(9-10-22-17)18(20)19-15-8-4-7-13-5-2-3-6-14(13)11-15/h2-3,5-6,9-10,15H,4,7-8,11-12H2,1H3,(H,19,20). The highest BCUT2D eigenvalue weighted by atomic mass is 32.1. The van der Waals surface area contributed by atoms with E-state index < -0.39 is 0 Å². The van der Waals surface area contributed by atoms with Crippen LogP contribution in [-0.4, -0.2) is 19.1 Å². The lowest BCUT2D eigenvalue weighted by molar-refractivity contribution is 0.0931. The van der Waals surface area contributed by atoms with Gasteiger partial charge in [0.05, 0.1) is 12.2 Å². The molecule has 1 aliphatic carbocycles. The van der Waals surface area contributed by atoms with Gasteiger partial charge in [-0.05, 0) is 48.3 Å². The molecule has 116 valence electrons. The van der Waals surface area contributed by atoms with Crippen LogP contribution in [0, 0.1) is 0 Å². The minimum absolute atomic E-state index is 0.0256. The lowest BCUT2D eigenvalue weighted by Crippen LogP contribution is -2.36. The van der Waals surface area contributed by atoms with Crippen molar-refractivity contribution in [1.29, 1.82) is 0 Å². The number of methoxy groups -OCH3 is 1. The van der Waals surface area contributed by atoms with Gasteiger partial charge in [-0.2, -0.15) is 0 Å². The molecule has 2 aromatic rings. The lowest BCUT2D eigenvalue weighted by atomic mass is 10.0. The molecule has 1 N–H and O–H groups in total. The topological polar surface area (TPSA) is 38.3 Å². The smallest absolute Gasteiger partial charge is 0.252 e. The lowest BCUT2D eigenvalue weighted by Gasteiger charge is -2.17. The molecular weight excluding hydrogens is 294 g/mol. The molecule has 22 heavy (non-hydrogen) atoms. The highest BCUT2D eigenvalue weighted by Gasteiger charge is 2.20. The fourth-order valence-electron chi connectivity index (χ4n) is 3.08. The highest BCUT2D eigenvalue weighted by molar-refractivity contribution is 7.10. The maximum Gasteiger partial charge on any atom is 0.252 e. The van der Waals surface area contributed by atoms with Crippen LogP contribution in [-0.2, 0) is 24.2 Å². The van der Waals surface area contributed by atoms with E-state index in [9.17, 15) is 4.79 Å². The zero-order chi connectivity index (χ0) is 15.4. The van der Waals surface area contributed by atoms with Crippen molar-refractivity contribution in [2.45, 2.75) is 38.3 Å². The first kappa shape index (κ1) is 15.3. The van der Waals surface area contributed by atoms with Crippen LogP contribution in [0.4, 0.5) is 0 Å². The summed E-state index contributed by atoms with van der Waals surface area (Å²) < 4.78 is 5.16. The molecular formula is C18H21NO2S. The second-order valence-corrected chi connectivity index (χ2v) is 6.73. The Balaban J connectivity index is 1.70. The summed E-state index contributed by atoms with van der Waals surface area (Å²) in [6.07, 6.45) is 4.18. The van der Waals surface area contributed by atoms with Crippen LogP contribution >= 0.6 is 11.3 Å². The summed E-state index contributed by atoms with van der Waals surface area (Å²) in [6, 6.07) is 10.7. The van der Waals surface area contributed by atoms with Crippen molar-refractivity contribution in [1.82, 2.24) is 5.32 Å². The zero-order valence-electron chi connectivity index (χ0n) is 12.8. The monoisotopic (exact) mass is 315 g/mol. The van der Waals surface area contributed by atoms with Crippen LogP contribution in [0.5, 0.6) is 0 Å². The van der Waals surface area contributed by atoms with Crippen molar-refractivity contribution in [2.75, 3.05) is 7.11 Å². The Hall–Kier alpha value is -1.65. The Kier molecular flexibility index (Phi) is 4.90. The molecule has 1 atom stereocenters. The SMILES string of the molecule is COCc1sccc1C(=O)NC1CCCc2ccccc2C1. The van der Waals surface area contributed by atoms with Crippen LogP contribution in [0.15, 0.2) is 35.7 Å². The minimum atomic E-state index is 0.0256. The number of fused-ring (bicyclic) bond motifs is 1. The van der Waals surface area contributed by atoms with E-state index in [4.69, 9.17) is 4.74 Å². The Morgan fingerprint density at radius 3 is 2.95 bits per heavy atom. The maximum absolute atomic E-state index is 12.5. The van der Waals surface area contributed by atoms with Gasteiger partial charge in [0.1, 0.15) is 0 Å². The van der Waals surface area contributed by atoms with Crippen molar-refractivity contribution in [3.05, 3.63) is 57.3 Å². The number of carbonyl (C=O) groups excluding carboxylic acids is 1. The predicted octanol–water partition coefficient (Wildman–Crippen LogP) is 3.57. The van der Waals surface area contributed by atoms with E-state index in [1.807, 2.05) is 11.4 Å². The third-order valence-electron chi connectivity index (χ3n) is 4.18. The van der Waals surface area contributed by atoms with E-state index in [0.717, 1.165) is 36.1 Å². The van der Waals surface area contributed by atoms with Crippen molar-refractivity contribution >= 4 is 17.2 Å². The van der Waals surface area contributed by atoms with Gasteiger partial charge in [-0.1, -0.05) is 24.3 Å². The van der Waals surface area contributed by atoms with Gasteiger partial charge in [-0.3, -0.25) is 4.79 Å². The van der Waals surface area contributed by atoms with E-state index in [1.165, 1.54) is 11.1 Å². The summed E-state index contributed by atoms with van der Waals surface area (Å²) >= 11 is 1.57. The summed E-state index contributed by atoms with van der Waals surface area (Å²) in [5, 5.41) is 5.16. The second-order valence-electron chi connectivity index (χ2n) is 5.73. The van der Waals surface area contributed by atoms with E-state index in [0.29, 0.717) is 6.61 Å². The molecule has 4 heteroatoms. The average molecular weight is 315 g/mol. The van der Waals surface area contributed by atoms with E-state index in [-0.39, 0.29) is 11.9 Å². The third kappa shape index (κ3) is 3.39. The van der Waals surface area contributed by atoms with Gasteiger partial charge in [-0.25, -0.2) is 0 Å². The largest absolute Gasteiger partial charge is 0.379 e. The first-order valence-electron chi connectivity index (χ1n) is 7.71. The van der Waals surface area contributed by atoms with Crippen LogP contribution in [0.3, 0.4) is 0 Å². The third-order valence-corrected chi connectivity index (χ3v) is 5.08. The number of hydrogen-bond donors (Lipinski definition) is 1. The number of carbonyl (C=O) groups is 1. The number of nitrogens with one attached hydrogen (secondary N) is 1. The van der Waals surface area contributed by atoms with Gasteiger partial charge in [0.2, 0.25) is 0 Å². The number of amides is 1. The summed E-state index contributed by atoms with van der Waals surface area (Å²) in [5.74, 6) is 0.0256. The van der Waals surface area contributed by atoms with Crippen LogP contribution in [0.1, 0.15) is 39.2 Å². The first-order valence-corrected chi connectivity index (χ1v) is 8.59. The van der Waals surface area contributed by atoms with Gasteiger partial charge in [0.25, 0.3) is 5.91 Å². The Morgan fingerprint density at radius 1 is 1.32 bits per heavy atom. The van der Waals surface area contributed by atoms with E-state index >= 15 is 0 Å². The molecule has 0 aliphatic heterocycles. The molecule has 1 aliphatic rings. The summed E-state index contributed by atoms with van der Waals surface area (Å²) in [7, 11) is 1.66. The Labute approximate surface area is 135 Å². The molecule has 1 heterocycles. The number of thiophene rings is 1. The molecule has 0 bridgehead atoms. The molecule has 3 nitrogen and oxygen atoms in total. The minimum Gasteiger partial charge on any atom is -0.379 e. The molecule has 3 rings (SSSR count). The van der Waals surface area contributed by atoms with Crippen molar-refractivity contribution < 1.29 is 9.53 Å². The van der Waals surface area contributed by atoms with Crippen molar-refractivity contribution in [2.24, 2.45) is 0 Å². The van der Waals surface area contributed by atoms with Crippen LogP contribution in [0.2, 0.25) is 0 Å². The molecule has 0 spiro atoms. The quantitative estimate of drug-likeness (QED) is 0.876. The number of ether oxygens (including phenoxy) is 1. The Morgan fingerprint density at radius 2 is 2.14 bits per heavy atom.